The fourth-order valence-electron chi connectivity index (χ4n) is 4.56. The minimum atomic E-state index is -0.580. The summed E-state index contributed by atoms with van der Waals surface area (Å²) in [5.41, 5.74) is 5.17. The van der Waals surface area contributed by atoms with Crippen LogP contribution in [0.15, 0.2) is 54.6 Å². The number of alkyl halides is 1. The highest BCUT2D eigenvalue weighted by atomic mass is 19.1. The van der Waals surface area contributed by atoms with Gasteiger partial charge in [0.1, 0.15) is 6.17 Å². The summed E-state index contributed by atoms with van der Waals surface area (Å²) in [5.74, 6) is 0.537. The van der Waals surface area contributed by atoms with Crippen molar-refractivity contribution >= 4 is 6.08 Å². The average Bonchev–Trinajstić information content (AvgIpc) is 2.79. The number of allylic oxidation sites excluding steroid dienone is 1. The molecule has 2 aromatic carbocycles. The molecule has 1 heteroatoms. The fraction of sp³-hybridized carbons (Fsp3) is 0.517. The van der Waals surface area contributed by atoms with Crippen molar-refractivity contribution in [3.05, 3.63) is 65.7 Å². The van der Waals surface area contributed by atoms with Crippen LogP contribution < -0.4 is 0 Å². The molecule has 1 fully saturated rings. The van der Waals surface area contributed by atoms with E-state index in [1.807, 2.05) is 0 Å². The maximum absolute atomic E-state index is 13.4. The summed E-state index contributed by atoms with van der Waals surface area (Å²) < 4.78 is 13.4. The van der Waals surface area contributed by atoms with E-state index >= 15 is 0 Å². The lowest BCUT2D eigenvalue weighted by Crippen LogP contribution is -2.13. The Morgan fingerprint density at radius 3 is 1.93 bits per heavy atom. The Balaban J connectivity index is 1.42. The molecule has 0 aromatic heterocycles. The number of hydrogen-bond acceptors (Lipinski definition) is 0. The van der Waals surface area contributed by atoms with E-state index in [1.165, 1.54) is 73.6 Å². The van der Waals surface area contributed by atoms with Gasteiger partial charge in [-0.1, -0.05) is 106 Å². The summed E-state index contributed by atoms with van der Waals surface area (Å²) in [6, 6.07) is 17.8. The normalized spacial score (nSPS) is 19.4. The van der Waals surface area contributed by atoms with Crippen LogP contribution in [0.2, 0.25) is 0 Å². The van der Waals surface area contributed by atoms with Gasteiger partial charge in [-0.2, -0.15) is 0 Å². The molecule has 0 radical (unpaired) electrons. The quantitative estimate of drug-likeness (QED) is 0.326. The van der Waals surface area contributed by atoms with Crippen LogP contribution in [0.5, 0.6) is 0 Å². The van der Waals surface area contributed by atoms with Gasteiger partial charge in [0.25, 0.3) is 0 Å². The molecule has 1 saturated carbocycles. The summed E-state index contributed by atoms with van der Waals surface area (Å²) in [5, 5.41) is 0. The smallest absolute Gasteiger partial charge is 0.100 e. The first-order valence-electron chi connectivity index (χ1n) is 12.3. The monoisotopic (exact) mass is 406 g/mol. The van der Waals surface area contributed by atoms with E-state index in [0.717, 1.165) is 25.7 Å². The van der Waals surface area contributed by atoms with Crippen molar-refractivity contribution in [1.29, 1.82) is 0 Å². The molecule has 162 valence electrons. The number of unbranched alkanes of at least 4 members (excludes halogenated alkanes) is 7. The summed E-state index contributed by atoms with van der Waals surface area (Å²) in [6.07, 6.45) is 18.2. The minimum absolute atomic E-state index is 0.537. The van der Waals surface area contributed by atoms with Crippen molar-refractivity contribution in [2.45, 2.75) is 96.1 Å². The van der Waals surface area contributed by atoms with Crippen LogP contribution in [0.4, 0.5) is 4.39 Å². The number of rotatable bonds is 11. The molecule has 2 aromatic rings. The summed E-state index contributed by atoms with van der Waals surface area (Å²) in [6.45, 7) is 2.27. The van der Waals surface area contributed by atoms with Crippen LogP contribution in [-0.4, -0.2) is 6.17 Å². The second kappa shape index (κ2) is 12.7. The van der Waals surface area contributed by atoms with Crippen molar-refractivity contribution < 1.29 is 4.39 Å². The van der Waals surface area contributed by atoms with Crippen LogP contribution in [-0.2, 0) is 0 Å². The van der Waals surface area contributed by atoms with E-state index in [-0.39, 0.29) is 0 Å². The molecule has 0 spiro atoms. The predicted molar refractivity (Wildman–Crippen MR) is 130 cm³/mol. The molecule has 1 aliphatic carbocycles. The number of benzene rings is 2. The van der Waals surface area contributed by atoms with Crippen LogP contribution in [0.1, 0.15) is 101 Å². The molecule has 0 unspecified atom stereocenters. The molecule has 0 bridgehead atoms. The highest BCUT2D eigenvalue weighted by Crippen LogP contribution is 2.34. The second-order valence-electron chi connectivity index (χ2n) is 9.01. The number of halogens is 1. The lowest BCUT2D eigenvalue weighted by atomic mass is 9.83. The largest absolute Gasteiger partial charge is 0.247 e. The molecule has 3 rings (SSSR count). The molecule has 1 aliphatic rings. The van der Waals surface area contributed by atoms with E-state index in [0.29, 0.717) is 5.92 Å². The Labute approximate surface area is 183 Å². The predicted octanol–water partition coefficient (Wildman–Crippen LogP) is 9.50. The molecule has 0 aliphatic heterocycles. The van der Waals surface area contributed by atoms with Crippen molar-refractivity contribution in [2.24, 2.45) is 0 Å². The highest BCUT2D eigenvalue weighted by Gasteiger charge is 2.21. The molecule has 0 amide bonds. The Bertz CT molecular complexity index is 733. The molecule has 0 N–H and O–H groups in total. The Kier molecular flexibility index (Phi) is 9.67. The summed E-state index contributed by atoms with van der Waals surface area (Å²) >= 11 is 0. The Hall–Kier alpha value is -1.89. The Morgan fingerprint density at radius 2 is 1.30 bits per heavy atom. The third-order valence-electron chi connectivity index (χ3n) is 6.57. The van der Waals surface area contributed by atoms with Crippen LogP contribution >= 0.6 is 0 Å². The van der Waals surface area contributed by atoms with Gasteiger partial charge in [0.2, 0.25) is 0 Å². The first kappa shape index (κ1) is 22.8. The van der Waals surface area contributed by atoms with Crippen molar-refractivity contribution in [1.82, 2.24) is 0 Å². The van der Waals surface area contributed by atoms with Gasteiger partial charge in [-0.05, 0) is 66.7 Å². The lowest BCUT2D eigenvalue weighted by molar-refractivity contribution is 0.235. The summed E-state index contributed by atoms with van der Waals surface area (Å²) in [4.78, 5) is 0. The van der Waals surface area contributed by atoms with Crippen molar-refractivity contribution in [2.75, 3.05) is 0 Å². The highest BCUT2D eigenvalue weighted by molar-refractivity contribution is 5.66. The first-order valence-corrected chi connectivity index (χ1v) is 12.3. The third kappa shape index (κ3) is 7.42. The molecular formula is C29H39F. The molecule has 0 atom stereocenters. The Morgan fingerprint density at radius 1 is 0.733 bits per heavy atom. The SMILES string of the molecule is CCCCCCCCCC=Cc1ccc(-c2ccc(C3CCC(F)CC3)cc2)cc1. The molecule has 0 heterocycles. The maximum atomic E-state index is 13.4. The van der Waals surface area contributed by atoms with E-state index in [4.69, 9.17) is 0 Å². The molecule has 30 heavy (non-hydrogen) atoms. The van der Waals surface area contributed by atoms with Gasteiger partial charge >= 0.3 is 0 Å². The van der Waals surface area contributed by atoms with E-state index < -0.39 is 6.17 Å². The molecule has 0 saturated heterocycles. The van der Waals surface area contributed by atoms with Gasteiger partial charge in [0.15, 0.2) is 0 Å². The fourth-order valence-corrected chi connectivity index (χ4v) is 4.56. The zero-order valence-electron chi connectivity index (χ0n) is 18.8. The van der Waals surface area contributed by atoms with Gasteiger partial charge in [-0.25, -0.2) is 4.39 Å². The van der Waals surface area contributed by atoms with Crippen molar-refractivity contribution in [3.63, 3.8) is 0 Å². The van der Waals surface area contributed by atoms with E-state index in [1.54, 1.807) is 0 Å². The minimum Gasteiger partial charge on any atom is -0.247 e. The summed E-state index contributed by atoms with van der Waals surface area (Å²) in [7, 11) is 0. The van der Waals surface area contributed by atoms with Crippen molar-refractivity contribution in [3.8, 4) is 11.1 Å². The van der Waals surface area contributed by atoms with Crippen LogP contribution in [0.25, 0.3) is 17.2 Å². The van der Waals surface area contributed by atoms with Crippen LogP contribution in [0, 0.1) is 0 Å². The van der Waals surface area contributed by atoms with E-state index in [2.05, 4.69) is 67.6 Å². The average molecular weight is 407 g/mol. The van der Waals surface area contributed by atoms with E-state index in [9.17, 15) is 4.39 Å². The lowest BCUT2D eigenvalue weighted by Gasteiger charge is -2.24. The standard InChI is InChI=1S/C29H39F/c1-2-3-4-5-6-7-8-9-10-11-24-12-14-25(15-13-24)26-16-18-27(19-17-26)28-20-22-29(30)23-21-28/h10-19,28-29H,2-9,20-23H2,1H3. The number of hydrogen-bond donors (Lipinski definition) is 0. The maximum Gasteiger partial charge on any atom is 0.100 e. The topological polar surface area (TPSA) is 0 Å². The first-order chi connectivity index (χ1) is 14.8. The van der Waals surface area contributed by atoms with Gasteiger partial charge in [-0.15, -0.1) is 0 Å². The van der Waals surface area contributed by atoms with Gasteiger partial charge in [-0.3, -0.25) is 0 Å². The van der Waals surface area contributed by atoms with Gasteiger partial charge in [0, 0.05) is 0 Å². The third-order valence-corrected chi connectivity index (χ3v) is 6.57. The van der Waals surface area contributed by atoms with Gasteiger partial charge < -0.3 is 0 Å². The molecular weight excluding hydrogens is 367 g/mol. The van der Waals surface area contributed by atoms with Gasteiger partial charge in [0.05, 0.1) is 0 Å². The van der Waals surface area contributed by atoms with Crippen LogP contribution in [0.3, 0.4) is 0 Å². The second-order valence-corrected chi connectivity index (χ2v) is 9.01. The zero-order valence-corrected chi connectivity index (χ0v) is 18.8. The molecule has 0 nitrogen and oxygen atoms in total. The zero-order chi connectivity index (χ0) is 21.0.